The van der Waals surface area contributed by atoms with Crippen molar-refractivity contribution < 1.29 is 14.3 Å². The van der Waals surface area contributed by atoms with E-state index in [9.17, 15) is 9.59 Å². The number of carbonyl (C=O) groups excluding carboxylic acids is 2. The van der Waals surface area contributed by atoms with Crippen LogP contribution in [-0.2, 0) is 16.0 Å². The first-order valence-corrected chi connectivity index (χ1v) is 9.03. The van der Waals surface area contributed by atoms with Gasteiger partial charge in [0.05, 0.1) is 16.9 Å². The molecule has 0 bridgehead atoms. The lowest BCUT2D eigenvalue weighted by Crippen LogP contribution is -2.49. The summed E-state index contributed by atoms with van der Waals surface area (Å²) in [6.07, 6.45) is 2.69. The molecule has 2 aliphatic rings. The van der Waals surface area contributed by atoms with E-state index in [-0.39, 0.29) is 5.91 Å². The number of rotatable bonds is 3. The van der Waals surface area contributed by atoms with E-state index in [4.69, 9.17) is 4.74 Å². The number of ether oxygens (including phenoxy) is 1. The first kappa shape index (κ1) is 16.6. The monoisotopic (exact) mass is 350 g/mol. The van der Waals surface area contributed by atoms with Gasteiger partial charge in [-0.05, 0) is 43.5 Å². The number of nitrogens with one attached hydrogen (secondary N) is 1. The standard InChI is InChI=1S/C21H22N2O3/c1-21(14-15-8-2-3-9-16(15)19(24)26-21)20(25)22-17-10-4-5-11-18(17)23-12-6-7-13-23/h2-5,8-11H,6-7,12-14H2,1H3,(H,22,25)/t21-/m0/s1. The van der Waals surface area contributed by atoms with Gasteiger partial charge in [0.15, 0.2) is 5.60 Å². The van der Waals surface area contributed by atoms with Crippen LogP contribution in [-0.4, -0.2) is 30.6 Å². The Hall–Kier alpha value is -2.82. The van der Waals surface area contributed by atoms with Gasteiger partial charge in [0, 0.05) is 19.5 Å². The Morgan fingerprint density at radius 3 is 2.58 bits per heavy atom. The molecule has 5 heteroatoms. The summed E-state index contributed by atoms with van der Waals surface area (Å²) in [4.78, 5) is 27.6. The van der Waals surface area contributed by atoms with Crippen LogP contribution in [0.1, 0.15) is 35.7 Å². The van der Waals surface area contributed by atoms with E-state index < -0.39 is 11.6 Å². The number of anilines is 2. The van der Waals surface area contributed by atoms with Crippen LogP contribution in [0.15, 0.2) is 48.5 Å². The number of fused-ring (bicyclic) bond motifs is 1. The van der Waals surface area contributed by atoms with Gasteiger partial charge in [-0.1, -0.05) is 30.3 Å². The second-order valence-electron chi connectivity index (χ2n) is 7.12. The number of esters is 1. The summed E-state index contributed by atoms with van der Waals surface area (Å²) in [5.74, 6) is -0.746. The molecule has 5 nitrogen and oxygen atoms in total. The maximum atomic E-state index is 13.0. The molecule has 1 saturated heterocycles. The van der Waals surface area contributed by atoms with Gasteiger partial charge in [0.2, 0.25) is 0 Å². The normalized spacial score (nSPS) is 21.9. The fraction of sp³-hybridized carbons (Fsp3) is 0.333. The minimum atomic E-state index is -1.22. The number of benzene rings is 2. The van der Waals surface area contributed by atoms with Crippen LogP contribution in [0.2, 0.25) is 0 Å². The summed E-state index contributed by atoms with van der Waals surface area (Å²) in [5.41, 5.74) is 1.94. The summed E-state index contributed by atoms with van der Waals surface area (Å²) in [5, 5.41) is 2.99. The van der Waals surface area contributed by atoms with Crippen LogP contribution in [0.25, 0.3) is 0 Å². The van der Waals surface area contributed by atoms with Gasteiger partial charge in [0.25, 0.3) is 5.91 Å². The molecule has 0 spiro atoms. The van der Waals surface area contributed by atoms with Crippen molar-refractivity contribution in [3.05, 3.63) is 59.7 Å². The Bertz CT molecular complexity index is 858. The maximum absolute atomic E-state index is 13.0. The zero-order valence-corrected chi connectivity index (χ0v) is 14.8. The third-order valence-corrected chi connectivity index (χ3v) is 5.16. The molecule has 0 aliphatic carbocycles. The molecule has 1 amide bonds. The van der Waals surface area contributed by atoms with Gasteiger partial charge < -0.3 is 15.0 Å². The molecule has 4 rings (SSSR count). The zero-order valence-electron chi connectivity index (χ0n) is 14.8. The molecule has 0 aromatic heterocycles. The zero-order chi connectivity index (χ0) is 18.1. The SMILES string of the molecule is C[C@@]1(C(=O)Nc2ccccc2N2CCCC2)Cc2ccccc2C(=O)O1. The second kappa shape index (κ2) is 6.48. The van der Waals surface area contributed by atoms with E-state index in [0.29, 0.717) is 12.0 Å². The lowest BCUT2D eigenvalue weighted by molar-refractivity contribution is -0.134. The van der Waals surface area contributed by atoms with Crippen LogP contribution in [0, 0.1) is 0 Å². The highest BCUT2D eigenvalue weighted by Gasteiger charge is 2.42. The smallest absolute Gasteiger partial charge is 0.339 e. The second-order valence-corrected chi connectivity index (χ2v) is 7.12. The Balaban J connectivity index is 1.58. The van der Waals surface area contributed by atoms with Crippen LogP contribution in [0.5, 0.6) is 0 Å². The van der Waals surface area contributed by atoms with Gasteiger partial charge in [-0.25, -0.2) is 4.79 Å². The minimum absolute atomic E-state index is 0.299. The molecule has 2 aromatic rings. The number of nitrogens with zero attached hydrogens (tertiary/aromatic N) is 1. The van der Waals surface area contributed by atoms with E-state index in [0.717, 1.165) is 42.9 Å². The largest absolute Gasteiger partial charge is 0.445 e. The molecule has 2 aromatic carbocycles. The Kier molecular flexibility index (Phi) is 4.15. The summed E-state index contributed by atoms with van der Waals surface area (Å²) in [6.45, 7) is 3.66. The van der Waals surface area contributed by atoms with Crippen molar-refractivity contribution in [2.45, 2.75) is 31.8 Å². The van der Waals surface area contributed by atoms with Gasteiger partial charge in [0.1, 0.15) is 0 Å². The highest BCUT2D eigenvalue weighted by Crippen LogP contribution is 2.32. The maximum Gasteiger partial charge on any atom is 0.339 e. The Morgan fingerprint density at radius 1 is 1.08 bits per heavy atom. The minimum Gasteiger partial charge on any atom is -0.445 e. The predicted octanol–water partition coefficient (Wildman–Crippen LogP) is 3.40. The molecular weight excluding hydrogens is 328 g/mol. The summed E-state index contributed by atoms with van der Waals surface area (Å²) in [7, 11) is 0. The molecule has 1 atom stereocenters. The number of hydrogen-bond donors (Lipinski definition) is 1. The predicted molar refractivity (Wildman–Crippen MR) is 100 cm³/mol. The third-order valence-electron chi connectivity index (χ3n) is 5.16. The van der Waals surface area contributed by atoms with Crippen molar-refractivity contribution >= 4 is 23.3 Å². The fourth-order valence-electron chi connectivity index (χ4n) is 3.73. The van der Waals surface area contributed by atoms with Crippen LogP contribution in [0.3, 0.4) is 0 Å². The molecule has 2 heterocycles. The molecule has 0 radical (unpaired) electrons. The third kappa shape index (κ3) is 2.94. The van der Waals surface area contributed by atoms with Crippen molar-refractivity contribution in [1.82, 2.24) is 0 Å². The first-order valence-electron chi connectivity index (χ1n) is 9.03. The van der Waals surface area contributed by atoms with E-state index in [1.165, 1.54) is 0 Å². The average molecular weight is 350 g/mol. The highest BCUT2D eigenvalue weighted by molar-refractivity contribution is 6.03. The van der Waals surface area contributed by atoms with Crippen molar-refractivity contribution in [2.24, 2.45) is 0 Å². The molecule has 2 aliphatic heterocycles. The lowest BCUT2D eigenvalue weighted by atomic mass is 9.89. The van der Waals surface area contributed by atoms with Crippen molar-refractivity contribution in [3.63, 3.8) is 0 Å². The van der Waals surface area contributed by atoms with Crippen LogP contribution < -0.4 is 10.2 Å². The van der Waals surface area contributed by atoms with Gasteiger partial charge in [-0.15, -0.1) is 0 Å². The van der Waals surface area contributed by atoms with E-state index in [1.54, 1.807) is 19.1 Å². The molecule has 134 valence electrons. The molecule has 0 unspecified atom stereocenters. The summed E-state index contributed by atoms with van der Waals surface area (Å²) >= 11 is 0. The summed E-state index contributed by atoms with van der Waals surface area (Å²) in [6, 6.07) is 15.1. The quantitative estimate of drug-likeness (QED) is 0.862. The van der Waals surface area contributed by atoms with Gasteiger partial charge in [-0.2, -0.15) is 0 Å². The number of para-hydroxylation sites is 2. The summed E-state index contributed by atoms with van der Waals surface area (Å²) < 4.78 is 5.54. The van der Waals surface area contributed by atoms with Crippen molar-refractivity contribution in [2.75, 3.05) is 23.3 Å². The molecule has 1 N–H and O–H groups in total. The van der Waals surface area contributed by atoms with Crippen molar-refractivity contribution in [1.29, 1.82) is 0 Å². The number of hydrogen-bond acceptors (Lipinski definition) is 4. The lowest BCUT2D eigenvalue weighted by Gasteiger charge is -2.33. The molecule has 26 heavy (non-hydrogen) atoms. The Labute approximate surface area is 153 Å². The van der Waals surface area contributed by atoms with Crippen LogP contribution >= 0.6 is 0 Å². The van der Waals surface area contributed by atoms with Gasteiger partial charge in [-0.3, -0.25) is 4.79 Å². The van der Waals surface area contributed by atoms with E-state index in [2.05, 4.69) is 10.2 Å². The van der Waals surface area contributed by atoms with E-state index in [1.807, 2.05) is 36.4 Å². The average Bonchev–Trinajstić information content (AvgIpc) is 3.16. The number of carbonyl (C=O) groups is 2. The molecular formula is C21H22N2O3. The fourth-order valence-corrected chi connectivity index (χ4v) is 3.73. The topological polar surface area (TPSA) is 58.6 Å². The number of amides is 1. The first-order chi connectivity index (χ1) is 12.6. The molecule has 0 saturated carbocycles. The molecule has 1 fully saturated rings. The van der Waals surface area contributed by atoms with E-state index >= 15 is 0 Å². The van der Waals surface area contributed by atoms with Crippen LogP contribution in [0.4, 0.5) is 11.4 Å². The van der Waals surface area contributed by atoms with Gasteiger partial charge >= 0.3 is 5.97 Å². The van der Waals surface area contributed by atoms with Crippen molar-refractivity contribution in [3.8, 4) is 0 Å². The number of cyclic esters (lactones) is 1. The highest BCUT2D eigenvalue weighted by atomic mass is 16.6. The Morgan fingerprint density at radius 2 is 1.77 bits per heavy atom.